The van der Waals surface area contributed by atoms with Crippen LogP contribution in [-0.2, 0) is 13.1 Å². The Hall–Kier alpha value is -2.63. The summed E-state index contributed by atoms with van der Waals surface area (Å²) >= 11 is 0. The Bertz CT molecular complexity index is 769. The summed E-state index contributed by atoms with van der Waals surface area (Å²) in [7, 11) is 1.64. The number of ether oxygens (including phenoxy) is 1. The second-order valence-corrected chi connectivity index (χ2v) is 5.77. The van der Waals surface area contributed by atoms with Crippen LogP contribution < -0.4 is 4.74 Å². The molecule has 0 aliphatic carbocycles. The summed E-state index contributed by atoms with van der Waals surface area (Å²) in [5.41, 5.74) is 2.15. The second kappa shape index (κ2) is 8.46. The number of aliphatic hydroxyl groups is 1. The van der Waals surface area contributed by atoms with Crippen LogP contribution in [0.1, 0.15) is 11.5 Å². The van der Waals surface area contributed by atoms with E-state index in [1.807, 2.05) is 42.5 Å². The molecule has 0 atom stereocenters. The number of nitrogens with zero attached hydrogens (tertiary/aromatic N) is 2. The van der Waals surface area contributed by atoms with E-state index in [-0.39, 0.29) is 6.61 Å². The van der Waals surface area contributed by atoms with Crippen molar-refractivity contribution in [1.29, 1.82) is 0 Å². The van der Waals surface area contributed by atoms with Gasteiger partial charge in [0.05, 0.1) is 26.5 Å². The Morgan fingerprint density at radius 2 is 1.80 bits per heavy atom. The lowest BCUT2D eigenvalue weighted by Gasteiger charge is -2.19. The topological polar surface area (TPSA) is 58.7 Å². The zero-order valence-electron chi connectivity index (χ0n) is 14.3. The molecule has 0 fully saturated rings. The van der Waals surface area contributed by atoms with Gasteiger partial charge < -0.3 is 14.3 Å². The molecule has 5 nitrogen and oxygen atoms in total. The maximum Gasteiger partial charge on any atom is 0.209 e. The highest BCUT2D eigenvalue weighted by Crippen LogP contribution is 2.23. The molecule has 3 rings (SSSR count). The zero-order chi connectivity index (χ0) is 17.5. The number of aromatic nitrogens is 1. The van der Waals surface area contributed by atoms with Crippen LogP contribution in [0.4, 0.5) is 0 Å². The zero-order valence-corrected chi connectivity index (χ0v) is 14.3. The monoisotopic (exact) mass is 338 g/mol. The van der Waals surface area contributed by atoms with Gasteiger partial charge in [0.1, 0.15) is 5.75 Å². The third-order valence-electron chi connectivity index (χ3n) is 3.95. The summed E-state index contributed by atoms with van der Waals surface area (Å²) in [6.07, 6.45) is 1.73. The number of methoxy groups -OCH3 is 1. The molecule has 1 aromatic heterocycles. The van der Waals surface area contributed by atoms with Gasteiger partial charge in [-0.25, -0.2) is 4.98 Å². The van der Waals surface area contributed by atoms with Gasteiger partial charge in [-0.1, -0.05) is 30.3 Å². The predicted molar refractivity (Wildman–Crippen MR) is 96.1 cm³/mol. The maximum absolute atomic E-state index is 9.32. The molecule has 0 aliphatic rings. The highest BCUT2D eigenvalue weighted by atomic mass is 16.5. The fourth-order valence-corrected chi connectivity index (χ4v) is 2.66. The van der Waals surface area contributed by atoms with E-state index in [0.29, 0.717) is 19.0 Å². The van der Waals surface area contributed by atoms with Gasteiger partial charge >= 0.3 is 0 Å². The molecular weight excluding hydrogens is 316 g/mol. The normalized spacial score (nSPS) is 11.0. The minimum absolute atomic E-state index is 0.0961. The van der Waals surface area contributed by atoms with Crippen LogP contribution in [0.3, 0.4) is 0 Å². The maximum atomic E-state index is 9.32. The van der Waals surface area contributed by atoms with Crippen LogP contribution >= 0.6 is 0 Å². The highest BCUT2D eigenvalue weighted by Gasteiger charge is 2.12. The lowest BCUT2D eigenvalue weighted by molar-refractivity contribution is 0.173. The van der Waals surface area contributed by atoms with E-state index in [1.54, 1.807) is 13.3 Å². The molecule has 0 saturated carbocycles. The number of oxazole rings is 1. The third-order valence-corrected chi connectivity index (χ3v) is 3.95. The molecule has 0 spiro atoms. The van der Waals surface area contributed by atoms with E-state index in [4.69, 9.17) is 9.15 Å². The van der Waals surface area contributed by atoms with Crippen LogP contribution in [0.25, 0.3) is 11.3 Å². The number of hydrogen-bond donors (Lipinski definition) is 1. The lowest BCUT2D eigenvalue weighted by Crippen LogP contribution is -2.26. The first kappa shape index (κ1) is 17.2. The summed E-state index contributed by atoms with van der Waals surface area (Å²) in [5.74, 6) is 2.16. The first-order valence-corrected chi connectivity index (χ1v) is 8.25. The Labute approximate surface area is 147 Å². The number of aliphatic hydroxyl groups excluding tert-OH is 1. The van der Waals surface area contributed by atoms with Crippen molar-refractivity contribution in [2.24, 2.45) is 0 Å². The van der Waals surface area contributed by atoms with Crippen molar-refractivity contribution in [3.05, 3.63) is 72.2 Å². The molecule has 25 heavy (non-hydrogen) atoms. The largest absolute Gasteiger partial charge is 0.497 e. The number of hydrogen-bond acceptors (Lipinski definition) is 5. The van der Waals surface area contributed by atoms with Gasteiger partial charge in [-0.15, -0.1) is 0 Å². The van der Waals surface area contributed by atoms with Crippen molar-refractivity contribution in [2.45, 2.75) is 13.1 Å². The van der Waals surface area contributed by atoms with Crippen LogP contribution in [0.2, 0.25) is 0 Å². The number of benzene rings is 2. The van der Waals surface area contributed by atoms with Gasteiger partial charge in [0.15, 0.2) is 5.76 Å². The molecule has 1 heterocycles. The van der Waals surface area contributed by atoms with Gasteiger partial charge in [0.2, 0.25) is 5.89 Å². The first-order valence-electron chi connectivity index (χ1n) is 8.25. The van der Waals surface area contributed by atoms with E-state index in [0.717, 1.165) is 23.6 Å². The third kappa shape index (κ3) is 4.68. The Morgan fingerprint density at radius 3 is 2.48 bits per heavy atom. The second-order valence-electron chi connectivity index (χ2n) is 5.77. The van der Waals surface area contributed by atoms with Gasteiger partial charge in [-0.3, -0.25) is 4.90 Å². The van der Waals surface area contributed by atoms with Crippen molar-refractivity contribution in [2.75, 3.05) is 20.3 Å². The van der Waals surface area contributed by atoms with E-state index in [2.05, 4.69) is 22.0 Å². The minimum Gasteiger partial charge on any atom is -0.497 e. The lowest BCUT2D eigenvalue weighted by atomic mass is 10.2. The van der Waals surface area contributed by atoms with E-state index in [9.17, 15) is 5.11 Å². The summed E-state index contributed by atoms with van der Waals surface area (Å²) in [5, 5.41) is 9.32. The highest BCUT2D eigenvalue weighted by molar-refractivity contribution is 5.57. The molecule has 130 valence electrons. The standard InChI is InChI=1S/C20H22N2O3/c1-24-18-9-7-17(8-10-18)19-13-21-20(25-19)15-22(11-12-23)14-16-5-3-2-4-6-16/h2-10,13,23H,11-12,14-15H2,1H3. The molecule has 0 saturated heterocycles. The predicted octanol–water partition coefficient (Wildman–Crippen LogP) is 3.34. The first-order chi connectivity index (χ1) is 12.3. The molecule has 0 aliphatic heterocycles. The minimum atomic E-state index is 0.0961. The van der Waals surface area contributed by atoms with E-state index in [1.165, 1.54) is 5.56 Å². The summed E-state index contributed by atoms with van der Waals surface area (Å²) in [6, 6.07) is 17.8. The summed E-state index contributed by atoms with van der Waals surface area (Å²) in [4.78, 5) is 6.49. The SMILES string of the molecule is COc1ccc(-c2cnc(CN(CCO)Cc3ccccc3)o2)cc1. The molecule has 3 aromatic rings. The van der Waals surface area contributed by atoms with Crippen molar-refractivity contribution >= 4 is 0 Å². The van der Waals surface area contributed by atoms with E-state index < -0.39 is 0 Å². The molecule has 0 unspecified atom stereocenters. The van der Waals surface area contributed by atoms with E-state index >= 15 is 0 Å². The quantitative estimate of drug-likeness (QED) is 0.682. The van der Waals surface area contributed by atoms with Gasteiger partial charge in [0.25, 0.3) is 0 Å². The van der Waals surface area contributed by atoms with Crippen LogP contribution in [0.5, 0.6) is 5.75 Å². The van der Waals surface area contributed by atoms with Gasteiger partial charge in [0, 0.05) is 18.7 Å². The molecular formula is C20H22N2O3. The van der Waals surface area contributed by atoms with Crippen molar-refractivity contribution in [1.82, 2.24) is 9.88 Å². The Kier molecular flexibility index (Phi) is 5.82. The van der Waals surface area contributed by atoms with Crippen LogP contribution in [0.15, 0.2) is 65.2 Å². The average Bonchev–Trinajstić information content (AvgIpc) is 3.11. The van der Waals surface area contributed by atoms with Crippen molar-refractivity contribution in [3.63, 3.8) is 0 Å². The fourth-order valence-electron chi connectivity index (χ4n) is 2.66. The Balaban J connectivity index is 1.69. The average molecular weight is 338 g/mol. The fraction of sp³-hybridized carbons (Fsp3) is 0.250. The number of rotatable bonds is 8. The molecule has 2 aromatic carbocycles. The van der Waals surface area contributed by atoms with Crippen LogP contribution in [0, 0.1) is 0 Å². The molecule has 0 bridgehead atoms. The molecule has 5 heteroatoms. The van der Waals surface area contributed by atoms with Crippen LogP contribution in [-0.4, -0.2) is 35.3 Å². The molecule has 1 N–H and O–H groups in total. The van der Waals surface area contributed by atoms with Gasteiger partial charge in [-0.05, 0) is 29.8 Å². The van der Waals surface area contributed by atoms with Crippen molar-refractivity contribution < 1.29 is 14.3 Å². The summed E-state index contributed by atoms with van der Waals surface area (Å²) in [6.45, 7) is 1.95. The Morgan fingerprint density at radius 1 is 1.04 bits per heavy atom. The summed E-state index contributed by atoms with van der Waals surface area (Å²) < 4.78 is 11.1. The molecule has 0 radical (unpaired) electrons. The smallest absolute Gasteiger partial charge is 0.209 e. The molecule has 0 amide bonds. The van der Waals surface area contributed by atoms with Crippen molar-refractivity contribution in [3.8, 4) is 17.1 Å². The van der Waals surface area contributed by atoms with Gasteiger partial charge in [-0.2, -0.15) is 0 Å².